The standard InChI is InChI=1S/C14H24/c1-3-14(4-2)12-6-10-5-11(8-12)9-13(14)7-10/h10-13H,3-9H2,1-2H3. The Kier molecular flexibility index (Phi) is 1.98. The average molecular weight is 192 g/mol. The van der Waals surface area contributed by atoms with E-state index in [-0.39, 0.29) is 0 Å². The Balaban J connectivity index is 1.93. The van der Waals surface area contributed by atoms with E-state index in [0.29, 0.717) is 0 Å². The molecule has 4 fully saturated rings. The quantitative estimate of drug-likeness (QED) is 0.613. The Morgan fingerprint density at radius 3 is 1.57 bits per heavy atom. The average Bonchev–Trinajstić information content (AvgIpc) is 2.18. The van der Waals surface area contributed by atoms with Gasteiger partial charge in [-0.3, -0.25) is 0 Å². The fourth-order valence-corrected chi connectivity index (χ4v) is 5.53. The zero-order chi connectivity index (χ0) is 9.76. The summed E-state index contributed by atoms with van der Waals surface area (Å²) in [7, 11) is 0. The third kappa shape index (κ3) is 1.01. The minimum absolute atomic E-state index is 0.785. The number of hydrogen-bond donors (Lipinski definition) is 0. The summed E-state index contributed by atoms with van der Waals surface area (Å²) in [4.78, 5) is 0. The topological polar surface area (TPSA) is 0 Å². The smallest absolute Gasteiger partial charge is 0.0246 e. The molecule has 0 spiro atoms. The highest BCUT2D eigenvalue weighted by Gasteiger charge is 2.54. The summed E-state index contributed by atoms with van der Waals surface area (Å²) in [6.07, 6.45) is 10.9. The molecule has 0 aromatic heterocycles. The third-order valence-electron chi connectivity index (χ3n) is 6.08. The third-order valence-corrected chi connectivity index (χ3v) is 6.08. The summed E-state index contributed by atoms with van der Waals surface area (Å²) < 4.78 is 0. The van der Waals surface area contributed by atoms with Crippen LogP contribution in [0.25, 0.3) is 0 Å². The highest BCUT2D eigenvalue weighted by atomic mass is 14.6. The Labute approximate surface area is 88.5 Å². The van der Waals surface area contributed by atoms with Crippen LogP contribution in [0.4, 0.5) is 0 Å². The van der Waals surface area contributed by atoms with Crippen LogP contribution in [-0.2, 0) is 0 Å². The van der Waals surface area contributed by atoms with E-state index in [0.717, 1.165) is 29.1 Å². The minimum Gasteiger partial charge on any atom is -0.0648 e. The molecule has 4 rings (SSSR count). The summed E-state index contributed by atoms with van der Waals surface area (Å²) >= 11 is 0. The van der Waals surface area contributed by atoms with Gasteiger partial charge in [-0.25, -0.2) is 0 Å². The Hall–Kier alpha value is 0. The Bertz CT molecular complexity index is 194. The van der Waals surface area contributed by atoms with Crippen LogP contribution in [0.1, 0.15) is 58.8 Å². The van der Waals surface area contributed by atoms with Crippen molar-refractivity contribution in [3.05, 3.63) is 0 Å². The van der Waals surface area contributed by atoms with Crippen molar-refractivity contribution in [1.29, 1.82) is 0 Å². The van der Waals surface area contributed by atoms with Gasteiger partial charge in [0.25, 0.3) is 0 Å². The van der Waals surface area contributed by atoms with Crippen LogP contribution >= 0.6 is 0 Å². The van der Waals surface area contributed by atoms with Gasteiger partial charge in [-0.15, -0.1) is 0 Å². The summed E-state index contributed by atoms with van der Waals surface area (Å²) in [6, 6.07) is 0. The predicted octanol–water partition coefficient (Wildman–Crippen LogP) is 4.25. The van der Waals surface area contributed by atoms with Gasteiger partial charge in [-0.05, 0) is 74.0 Å². The van der Waals surface area contributed by atoms with Crippen molar-refractivity contribution in [3.8, 4) is 0 Å². The molecule has 14 heavy (non-hydrogen) atoms. The highest BCUT2D eigenvalue weighted by Crippen LogP contribution is 2.64. The van der Waals surface area contributed by atoms with E-state index in [1.807, 2.05) is 0 Å². The van der Waals surface area contributed by atoms with Gasteiger partial charge in [0.05, 0.1) is 0 Å². The molecule has 0 nitrogen and oxygen atoms in total. The second-order valence-corrected chi connectivity index (χ2v) is 6.24. The van der Waals surface area contributed by atoms with Crippen molar-refractivity contribution in [2.75, 3.05) is 0 Å². The molecule has 0 saturated heterocycles. The molecule has 80 valence electrons. The molecule has 0 radical (unpaired) electrons. The maximum atomic E-state index is 2.45. The van der Waals surface area contributed by atoms with Gasteiger partial charge in [0.15, 0.2) is 0 Å². The maximum Gasteiger partial charge on any atom is -0.0246 e. The monoisotopic (exact) mass is 192 g/mol. The van der Waals surface area contributed by atoms with Gasteiger partial charge in [0.1, 0.15) is 0 Å². The van der Waals surface area contributed by atoms with Crippen LogP contribution in [0.3, 0.4) is 0 Å². The van der Waals surface area contributed by atoms with E-state index in [2.05, 4.69) is 13.8 Å². The largest absolute Gasteiger partial charge is 0.0648 e. The van der Waals surface area contributed by atoms with E-state index < -0.39 is 0 Å². The van der Waals surface area contributed by atoms with E-state index in [1.54, 1.807) is 32.1 Å². The molecule has 4 saturated carbocycles. The molecule has 0 unspecified atom stereocenters. The second-order valence-electron chi connectivity index (χ2n) is 6.24. The highest BCUT2D eigenvalue weighted by molar-refractivity contribution is 5.04. The predicted molar refractivity (Wildman–Crippen MR) is 60.1 cm³/mol. The normalized spacial score (nSPS) is 48.4. The van der Waals surface area contributed by atoms with E-state index >= 15 is 0 Å². The first-order valence-corrected chi connectivity index (χ1v) is 6.78. The van der Waals surface area contributed by atoms with Crippen molar-refractivity contribution >= 4 is 0 Å². The van der Waals surface area contributed by atoms with Crippen molar-refractivity contribution in [1.82, 2.24) is 0 Å². The first kappa shape index (κ1) is 9.24. The summed E-state index contributed by atoms with van der Waals surface area (Å²) in [5.74, 6) is 4.52. The van der Waals surface area contributed by atoms with Crippen LogP contribution in [0.15, 0.2) is 0 Å². The van der Waals surface area contributed by atoms with Gasteiger partial charge in [0.2, 0.25) is 0 Å². The second kappa shape index (κ2) is 3.00. The van der Waals surface area contributed by atoms with E-state index in [9.17, 15) is 0 Å². The van der Waals surface area contributed by atoms with Gasteiger partial charge >= 0.3 is 0 Å². The SMILES string of the molecule is CCC1(CC)C2CC3CC(C2)CC1C3. The lowest BCUT2D eigenvalue weighted by molar-refractivity contribution is -0.113. The molecule has 0 aromatic carbocycles. The molecular formula is C14H24. The van der Waals surface area contributed by atoms with Crippen LogP contribution < -0.4 is 0 Å². The van der Waals surface area contributed by atoms with Crippen molar-refractivity contribution in [3.63, 3.8) is 0 Å². The number of hydrogen-bond acceptors (Lipinski definition) is 0. The van der Waals surface area contributed by atoms with E-state index in [4.69, 9.17) is 0 Å². The summed E-state index contributed by atoms with van der Waals surface area (Å²) in [6.45, 7) is 4.90. The summed E-state index contributed by atoms with van der Waals surface area (Å²) in [5, 5.41) is 0. The molecule has 4 aliphatic carbocycles. The van der Waals surface area contributed by atoms with Crippen molar-refractivity contribution in [2.24, 2.45) is 29.1 Å². The van der Waals surface area contributed by atoms with Crippen LogP contribution in [0, 0.1) is 29.1 Å². The lowest BCUT2D eigenvalue weighted by Crippen LogP contribution is -2.52. The fraction of sp³-hybridized carbons (Fsp3) is 1.00. The lowest BCUT2D eigenvalue weighted by Gasteiger charge is -2.61. The number of rotatable bonds is 2. The van der Waals surface area contributed by atoms with Crippen LogP contribution in [0.2, 0.25) is 0 Å². The maximum absolute atomic E-state index is 2.45. The van der Waals surface area contributed by atoms with Crippen LogP contribution in [-0.4, -0.2) is 0 Å². The molecule has 0 N–H and O–H groups in total. The molecule has 4 bridgehead atoms. The zero-order valence-corrected chi connectivity index (χ0v) is 9.76. The van der Waals surface area contributed by atoms with Crippen LogP contribution in [0.5, 0.6) is 0 Å². The van der Waals surface area contributed by atoms with Gasteiger partial charge in [0, 0.05) is 0 Å². The molecule has 4 aliphatic rings. The Morgan fingerprint density at radius 1 is 0.786 bits per heavy atom. The molecule has 0 amide bonds. The first-order chi connectivity index (χ1) is 6.78. The Morgan fingerprint density at radius 2 is 1.21 bits per heavy atom. The molecule has 0 aromatic rings. The minimum atomic E-state index is 0.785. The van der Waals surface area contributed by atoms with Gasteiger partial charge < -0.3 is 0 Å². The summed E-state index contributed by atoms with van der Waals surface area (Å²) in [5.41, 5.74) is 0.785. The van der Waals surface area contributed by atoms with Crippen molar-refractivity contribution in [2.45, 2.75) is 58.8 Å². The zero-order valence-electron chi connectivity index (χ0n) is 9.76. The molecule has 0 aliphatic heterocycles. The van der Waals surface area contributed by atoms with Gasteiger partial charge in [-0.2, -0.15) is 0 Å². The first-order valence-electron chi connectivity index (χ1n) is 6.78. The molecule has 0 heterocycles. The molecule has 0 atom stereocenters. The van der Waals surface area contributed by atoms with E-state index in [1.165, 1.54) is 12.8 Å². The molecule has 0 heteroatoms. The fourth-order valence-electron chi connectivity index (χ4n) is 5.53. The van der Waals surface area contributed by atoms with Gasteiger partial charge in [-0.1, -0.05) is 13.8 Å². The van der Waals surface area contributed by atoms with Crippen molar-refractivity contribution < 1.29 is 0 Å². The lowest BCUT2D eigenvalue weighted by atomic mass is 9.44. The molecular weight excluding hydrogens is 168 g/mol.